The van der Waals surface area contributed by atoms with Gasteiger partial charge in [0.25, 0.3) is 0 Å². The Labute approximate surface area is 103 Å². The highest BCUT2D eigenvalue weighted by atomic mass is 16.5. The minimum Gasteiger partial charge on any atom is -0.496 e. The second-order valence-electron chi connectivity index (χ2n) is 3.92. The van der Waals surface area contributed by atoms with Gasteiger partial charge in [0.1, 0.15) is 5.75 Å². The Balaban J connectivity index is 2.14. The predicted octanol–water partition coefficient (Wildman–Crippen LogP) is 0.857. The number of rotatable bonds is 4. The molecular formula is C13H14N2O3. The van der Waals surface area contributed by atoms with Crippen LogP contribution in [0.1, 0.15) is 11.3 Å². The van der Waals surface area contributed by atoms with Crippen LogP contribution in [0.3, 0.4) is 0 Å². The molecule has 18 heavy (non-hydrogen) atoms. The van der Waals surface area contributed by atoms with Crippen molar-refractivity contribution in [3.8, 4) is 5.75 Å². The Morgan fingerprint density at radius 3 is 2.61 bits per heavy atom. The topological polar surface area (TPSA) is 75.0 Å². The molecule has 1 aromatic carbocycles. The molecule has 0 aliphatic heterocycles. The van der Waals surface area contributed by atoms with E-state index in [4.69, 9.17) is 4.74 Å². The van der Waals surface area contributed by atoms with Crippen molar-refractivity contribution < 1.29 is 4.74 Å². The van der Waals surface area contributed by atoms with Crippen LogP contribution >= 0.6 is 0 Å². The minimum atomic E-state index is -0.629. The smallest absolute Gasteiger partial charge is 0.310 e. The van der Waals surface area contributed by atoms with Crippen LogP contribution in [0, 0.1) is 0 Å². The highest BCUT2D eigenvalue weighted by molar-refractivity contribution is 5.33. The van der Waals surface area contributed by atoms with Gasteiger partial charge in [-0.05, 0) is 24.5 Å². The van der Waals surface area contributed by atoms with Crippen LogP contribution < -0.4 is 15.7 Å². The van der Waals surface area contributed by atoms with Crippen molar-refractivity contribution in [3.05, 3.63) is 62.2 Å². The molecule has 0 saturated carbocycles. The molecule has 0 saturated heterocycles. The van der Waals surface area contributed by atoms with E-state index in [-0.39, 0.29) is 0 Å². The van der Waals surface area contributed by atoms with E-state index in [1.807, 2.05) is 24.3 Å². The number of hydrogen-bond acceptors (Lipinski definition) is 3. The van der Waals surface area contributed by atoms with Gasteiger partial charge in [0, 0.05) is 11.8 Å². The molecule has 2 aromatic rings. The SMILES string of the molecule is COc1ccccc1CCc1cc(=O)c(=O)[nH][nH]1. The Morgan fingerprint density at radius 1 is 1.11 bits per heavy atom. The standard InChI is InChI=1S/C13H14N2O3/c1-18-12-5-3-2-4-9(12)6-7-10-8-11(16)13(17)15-14-10/h2-5,8H,6-7H2,1H3,(H,14,16)(H,15,17). The summed E-state index contributed by atoms with van der Waals surface area (Å²) in [6.07, 6.45) is 1.36. The van der Waals surface area contributed by atoms with Gasteiger partial charge in [-0.15, -0.1) is 0 Å². The molecule has 0 aliphatic rings. The van der Waals surface area contributed by atoms with Crippen molar-refractivity contribution in [3.63, 3.8) is 0 Å². The number of nitrogens with one attached hydrogen (secondary N) is 2. The van der Waals surface area contributed by atoms with Gasteiger partial charge >= 0.3 is 5.56 Å². The second-order valence-corrected chi connectivity index (χ2v) is 3.92. The summed E-state index contributed by atoms with van der Waals surface area (Å²) < 4.78 is 5.25. The first kappa shape index (κ1) is 12.2. The average Bonchev–Trinajstić information content (AvgIpc) is 2.40. The van der Waals surface area contributed by atoms with Crippen molar-refractivity contribution in [1.82, 2.24) is 10.2 Å². The maximum Gasteiger partial charge on any atom is 0.310 e. The quantitative estimate of drug-likeness (QED) is 0.785. The van der Waals surface area contributed by atoms with Crippen LogP contribution in [-0.4, -0.2) is 17.3 Å². The fourth-order valence-corrected chi connectivity index (χ4v) is 1.77. The number of aromatic nitrogens is 2. The van der Waals surface area contributed by atoms with E-state index in [9.17, 15) is 9.59 Å². The molecule has 94 valence electrons. The normalized spacial score (nSPS) is 10.3. The number of methoxy groups -OCH3 is 1. The highest BCUT2D eigenvalue weighted by Gasteiger charge is 2.03. The third-order valence-electron chi connectivity index (χ3n) is 2.72. The van der Waals surface area contributed by atoms with E-state index in [2.05, 4.69) is 10.2 Å². The number of aromatic amines is 2. The van der Waals surface area contributed by atoms with Gasteiger partial charge in [-0.1, -0.05) is 18.2 Å². The van der Waals surface area contributed by atoms with Crippen LogP contribution in [0.4, 0.5) is 0 Å². The van der Waals surface area contributed by atoms with E-state index in [1.165, 1.54) is 6.07 Å². The van der Waals surface area contributed by atoms with E-state index < -0.39 is 11.0 Å². The van der Waals surface area contributed by atoms with Crippen LogP contribution in [0.15, 0.2) is 39.9 Å². The van der Waals surface area contributed by atoms with Crippen LogP contribution in [0.5, 0.6) is 5.75 Å². The van der Waals surface area contributed by atoms with E-state index in [1.54, 1.807) is 7.11 Å². The third kappa shape index (κ3) is 2.68. The number of aryl methyl sites for hydroxylation is 2. The van der Waals surface area contributed by atoms with Gasteiger partial charge in [-0.25, -0.2) is 0 Å². The molecule has 0 atom stereocenters. The van der Waals surface area contributed by atoms with Crippen LogP contribution in [0.2, 0.25) is 0 Å². The summed E-state index contributed by atoms with van der Waals surface area (Å²) in [5.74, 6) is 0.823. The first-order valence-corrected chi connectivity index (χ1v) is 5.63. The Morgan fingerprint density at radius 2 is 1.89 bits per heavy atom. The largest absolute Gasteiger partial charge is 0.496 e. The highest BCUT2D eigenvalue weighted by Crippen LogP contribution is 2.18. The molecule has 2 N–H and O–H groups in total. The number of benzene rings is 1. The summed E-state index contributed by atoms with van der Waals surface area (Å²) >= 11 is 0. The van der Waals surface area contributed by atoms with Gasteiger partial charge in [0.05, 0.1) is 7.11 Å². The predicted molar refractivity (Wildman–Crippen MR) is 68.1 cm³/mol. The lowest BCUT2D eigenvalue weighted by molar-refractivity contribution is 0.409. The summed E-state index contributed by atoms with van der Waals surface area (Å²) in [7, 11) is 1.63. The average molecular weight is 246 g/mol. The third-order valence-corrected chi connectivity index (χ3v) is 2.72. The number of H-pyrrole nitrogens is 2. The van der Waals surface area contributed by atoms with Crippen molar-refractivity contribution in [2.45, 2.75) is 12.8 Å². The lowest BCUT2D eigenvalue weighted by Crippen LogP contribution is -2.27. The molecule has 0 amide bonds. The number of hydrogen-bond donors (Lipinski definition) is 2. The molecule has 2 rings (SSSR count). The van der Waals surface area contributed by atoms with Crippen LogP contribution in [0.25, 0.3) is 0 Å². The Hall–Kier alpha value is -2.30. The lowest BCUT2D eigenvalue weighted by Gasteiger charge is -2.07. The maximum absolute atomic E-state index is 11.2. The zero-order chi connectivity index (χ0) is 13.0. The van der Waals surface area contributed by atoms with Gasteiger partial charge in [0.15, 0.2) is 0 Å². The molecule has 0 spiro atoms. The first-order chi connectivity index (χ1) is 8.70. The Kier molecular flexibility index (Phi) is 3.62. The van der Waals surface area contributed by atoms with Crippen molar-refractivity contribution >= 4 is 0 Å². The molecule has 5 nitrogen and oxygen atoms in total. The fourth-order valence-electron chi connectivity index (χ4n) is 1.77. The molecule has 0 unspecified atom stereocenters. The van der Waals surface area contributed by atoms with E-state index >= 15 is 0 Å². The van der Waals surface area contributed by atoms with Crippen molar-refractivity contribution in [2.24, 2.45) is 0 Å². The summed E-state index contributed by atoms with van der Waals surface area (Å²) in [6.45, 7) is 0. The maximum atomic E-state index is 11.2. The minimum absolute atomic E-state index is 0.524. The molecule has 5 heteroatoms. The molecular weight excluding hydrogens is 232 g/mol. The molecule has 0 aliphatic carbocycles. The van der Waals surface area contributed by atoms with E-state index in [0.29, 0.717) is 12.1 Å². The molecule has 0 bridgehead atoms. The summed E-state index contributed by atoms with van der Waals surface area (Å²) in [5, 5.41) is 5.02. The monoisotopic (exact) mass is 246 g/mol. The van der Waals surface area contributed by atoms with Gasteiger partial charge in [-0.3, -0.25) is 14.7 Å². The zero-order valence-electron chi connectivity index (χ0n) is 10.0. The Bertz CT molecular complexity index is 643. The van der Waals surface area contributed by atoms with Crippen molar-refractivity contribution in [2.75, 3.05) is 7.11 Å². The molecule has 0 radical (unpaired) electrons. The number of ether oxygens (including phenoxy) is 1. The molecule has 0 fully saturated rings. The van der Waals surface area contributed by atoms with Crippen LogP contribution in [-0.2, 0) is 12.8 Å². The zero-order valence-corrected chi connectivity index (χ0v) is 10.0. The van der Waals surface area contributed by atoms with Crippen molar-refractivity contribution in [1.29, 1.82) is 0 Å². The summed E-state index contributed by atoms with van der Waals surface area (Å²) in [6, 6.07) is 9.04. The number of para-hydroxylation sites is 1. The van der Waals surface area contributed by atoms with Gasteiger partial charge in [0.2, 0.25) is 5.43 Å². The van der Waals surface area contributed by atoms with E-state index in [0.717, 1.165) is 17.7 Å². The van der Waals surface area contributed by atoms with Gasteiger partial charge < -0.3 is 9.84 Å². The second kappa shape index (κ2) is 5.35. The lowest BCUT2D eigenvalue weighted by atomic mass is 10.1. The first-order valence-electron chi connectivity index (χ1n) is 5.63. The molecule has 1 aromatic heterocycles. The molecule has 1 heterocycles. The van der Waals surface area contributed by atoms with Gasteiger partial charge in [-0.2, -0.15) is 0 Å². The summed E-state index contributed by atoms with van der Waals surface area (Å²) in [4.78, 5) is 22.1. The summed E-state index contributed by atoms with van der Waals surface area (Å²) in [5.41, 5.74) is 0.609. The fraction of sp³-hybridized carbons (Fsp3) is 0.231.